The van der Waals surface area contributed by atoms with Gasteiger partial charge in [0.2, 0.25) is 0 Å². The standard InChI is InChI=1S/C15H22O3.Ar/c1-11-8-15(16)18-14(12(11)2)10-17-9-13-6-4-3-5-7-13;/h3-7,11-12,14-16H,8-10H2,1-2H3;/t11-,12+,14?,15-;/m1./s1. The summed E-state index contributed by atoms with van der Waals surface area (Å²) in [6.07, 6.45) is 0.0741. The molecule has 1 aromatic carbocycles. The van der Waals surface area contributed by atoms with Crippen molar-refractivity contribution in [3.63, 3.8) is 0 Å². The maximum atomic E-state index is 9.61. The van der Waals surface area contributed by atoms with Gasteiger partial charge < -0.3 is 14.6 Å². The summed E-state index contributed by atoms with van der Waals surface area (Å²) in [5, 5.41) is 9.61. The summed E-state index contributed by atoms with van der Waals surface area (Å²) in [6, 6.07) is 10.1. The first kappa shape index (κ1) is 17.4. The molecule has 0 amide bonds. The molecule has 0 aliphatic carbocycles. The van der Waals surface area contributed by atoms with Crippen LogP contribution >= 0.6 is 0 Å². The predicted octanol–water partition coefficient (Wildman–Crippen LogP) is 2.58. The van der Waals surface area contributed by atoms with E-state index in [1.807, 2.05) is 30.3 Å². The molecular weight excluding hydrogens is 268 g/mol. The van der Waals surface area contributed by atoms with Crippen molar-refractivity contribution in [1.29, 1.82) is 0 Å². The summed E-state index contributed by atoms with van der Waals surface area (Å²) >= 11 is 0. The van der Waals surface area contributed by atoms with Gasteiger partial charge in [0, 0.05) is 44.2 Å². The zero-order valence-electron chi connectivity index (χ0n) is 11.4. The Morgan fingerprint density at radius 2 is 1.95 bits per heavy atom. The first-order valence-corrected chi connectivity index (χ1v) is 6.62. The van der Waals surface area contributed by atoms with Crippen molar-refractivity contribution < 1.29 is 52.3 Å². The van der Waals surface area contributed by atoms with Crippen molar-refractivity contribution in [1.82, 2.24) is 0 Å². The van der Waals surface area contributed by atoms with Crippen molar-refractivity contribution in [3.05, 3.63) is 35.9 Å². The third-order valence-electron chi connectivity index (χ3n) is 3.78. The van der Waals surface area contributed by atoms with Crippen molar-refractivity contribution in [2.45, 2.75) is 39.3 Å². The molecule has 1 saturated heterocycles. The van der Waals surface area contributed by atoms with Gasteiger partial charge in [-0.05, 0) is 17.4 Å². The Bertz CT molecular complexity index is 358. The first-order valence-electron chi connectivity index (χ1n) is 6.62. The molecule has 0 aromatic heterocycles. The van der Waals surface area contributed by atoms with E-state index in [0.717, 1.165) is 12.0 Å². The Balaban J connectivity index is 0.00000180. The number of ether oxygens (including phenoxy) is 2. The fourth-order valence-electron chi connectivity index (χ4n) is 2.34. The molecule has 4 atom stereocenters. The average molecular weight is 290 g/mol. The molecule has 1 unspecified atom stereocenters. The number of aliphatic hydroxyl groups excluding tert-OH is 1. The van der Waals surface area contributed by atoms with Crippen LogP contribution < -0.4 is 0 Å². The summed E-state index contributed by atoms with van der Waals surface area (Å²) in [5.74, 6) is 0.892. The van der Waals surface area contributed by atoms with Gasteiger partial charge in [0.05, 0.1) is 19.3 Å². The molecule has 2 rings (SSSR count). The second kappa shape index (κ2) is 8.60. The smallest absolute Gasteiger partial charge is 0.155 e. The molecule has 3 nitrogen and oxygen atoms in total. The minimum atomic E-state index is -0.637. The molecule has 1 N–H and O–H groups in total. The molecule has 0 saturated carbocycles. The van der Waals surface area contributed by atoms with E-state index in [0.29, 0.717) is 25.0 Å². The molecule has 108 valence electrons. The van der Waals surface area contributed by atoms with Crippen molar-refractivity contribution in [2.24, 2.45) is 11.8 Å². The maximum absolute atomic E-state index is 9.61. The second-order valence-corrected chi connectivity index (χ2v) is 5.20. The molecule has 1 fully saturated rings. The minimum Gasteiger partial charge on any atom is -0.374 e. The average Bonchev–Trinajstić information content (AvgIpc) is 2.36. The topological polar surface area (TPSA) is 38.7 Å². The fraction of sp³-hybridized carbons (Fsp3) is 0.600. The van der Waals surface area contributed by atoms with E-state index in [1.54, 1.807) is 0 Å². The van der Waals surface area contributed by atoms with Crippen molar-refractivity contribution in [3.8, 4) is 0 Å². The summed E-state index contributed by atoms with van der Waals surface area (Å²) < 4.78 is 11.2. The summed E-state index contributed by atoms with van der Waals surface area (Å²) in [5.41, 5.74) is 1.16. The van der Waals surface area contributed by atoms with Crippen LogP contribution in [0, 0.1) is 49.6 Å². The van der Waals surface area contributed by atoms with E-state index in [2.05, 4.69) is 13.8 Å². The number of benzene rings is 1. The molecular formula is C15H22ArO3. The van der Waals surface area contributed by atoms with E-state index >= 15 is 0 Å². The van der Waals surface area contributed by atoms with Crippen LogP contribution in [0.15, 0.2) is 30.3 Å². The molecule has 0 spiro atoms. The van der Waals surface area contributed by atoms with Crippen LogP contribution in [0.1, 0.15) is 25.8 Å². The zero-order valence-corrected chi connectivity index (χ0v) is 12.1. The van der Waals surface area contributed by atoms with Crippen LogP contribution in [0.2, 0.25) is 0 Å². The second-order valence-electron chi connectivity index (χ2n) is 5.20. The van der Waals surface area contributed by atoms with E-state index in [9.17, 15) is 5.11 Å². The van der Waals surface area contributed by atoms with Crippen LogP contribution in [0.5, 0.6) is 0 Å². The van der Waals surface area contributed by atoms with Crippen molar-refractivity contribution >= 4 is 0 Å². The number of aliphatic hydroxyl groups is 1. The van der Waals surface area contributed by atoms with Crippen LogP contribution in [0.3, 0.4) is 0 Å². The molecule has 19 heavy (non-hydrogen) atoms. The van der Waals surface area contributed by atoms with Gasteiger partial charge in [-0.25, -0.2) is 0 Å². The summed E-state index contributed by atoms with van der Waals surface area (Å²) in [7, 11) is 0. The predicted molar refractivity (Wildman–Crippen MR) is 69.9 cm³/mol. The molecule has 1 aromatic rings. The Morgan fingerprint density at radius 3 is 2.63 bits per heavy atom. The summed E-state index contributed by atoms with van der Waals surface area (Å²) in [4.78, 5) is 0. The van der Waals surface area contributed by atoms with Gasteiger partial charge in [-0.2, -0.15) is 0 Å². The first-order chi connectivity index (χ1) is 8.66. The molecule has 4 heteroatoms. The third-order valence-corrected chi connectivity index (χ3v) is 3.78. The fourth-order valence-corrected chi connectivity index (χ4v) is 2.34. The van der Waals surface area contributed by atoms with E-state index < -0.39 is 6.29 Å². The number of rotatable bonds is 4. The van der Waals surface area contributed by atoms with Gasteiger partial charge in [-0.3, -0.25) is 0 Å². The monoisotopic (exact) mass is 290 g/mol. The number of hydrogen-bond acceptors (Lipinski definition) is 3. The van der Waals surface area contributed by atoms with Gasteiger partial charge in [0.1, 0.15) is 0 Å². The SMILES string of the molecule is C[C@@H]1C[C@H](O)OC(COCc2ccccc2)[C@H]1C.[Ar]. The van der Waals surface area contributed by atoms with Gasteiger partial charge in [0.25, 0.3) is 0 Å². The van der Waals surface area contributed by atoms with E-state index in [1.165, 1.54) is 0 Å². The molecule has 0 radical (unpaired) electrons. The van der Waals surface area contributed by atoms with Crippen LogP contribution in [0.4, 0.5) is 0 Å². The number of hydrogen-bond donors (Lipinski definition) is 1. The van der Waals surface area contributed by atoms with E-state index in [-0.39, 0.29) is 43.8 Å². The third kappa shape index (κ3) is 5.33. The Hall–Kier alpha value is 0.360. The van der Waals surface area contributed by atoms with E-state index in [4.69, 9.17) is 9.47 Å². The summed E-state index contributed by atoms with van der Waals surface area (Å²) in [6.45, 7) is 5.45. The molecule has 1 aliphatic heterocycles. The molecule has 1 aliphatic rings. The Morgan fingerprint density at radius 1 is 1.26 bits per heavy atom. The van der Waals surface area contributed by atoms with Gasteiger partial charge in [0.15, 0.2) is 6.29 Å². The molecule has 0 bridgehead atoms. The Labute approximate surface area is 145 Å². The quantitative estimate of drug-likeness (QED) is 0.926. The minimum absolute atomic E-state index is 0. The zero-order chi connectivity index (χ0) is 13.0. The van der Waals surface area contributed by atoms with Gasteiger partial charge in [-0.15, -0.1) is 0 Å². The van der Waals surface area contributed by atoms with Crippen LogP contribution in [-0.4, -0.2) is 24.1 Å². The van der Waals surface area contributed by atoms with Gasteiger partial charge in [-0.1, -0.05) is 44.2 Å². The molecule has 1 heterocycles. The van der Waals surface area contributed by atoms with Crippen LogP contribution in [0.25, 0.3) is 0 Å². The van der Waals surface area contributed by atoms with Crippen LogP contribution in [-0.2, 0) is 16.1 Å². The normalized spacial score (nSPS) is 30.7. The van der Waals surface area contributed by atoms with Crippen molar-refractivity contribution in [2.75, 3.05) is 6.61 Å². The maximum Gasteiger partial charge on any atom is 0.155 e. The largest absolute Gasteiger partial charge is 0.374 e. The van der Waals surface area contributed by atoms with Gasteiger partial charge >= 0.3 is 0 Å². The Kier molecular flexibility index (Phi) is 7.88.